The summed E-state index contributed by atoms with van der Waals surface area (Å²) in [5.74, 6) is -0.0615. The standard InChI is InChI=1S/C8H16N2O3/c1-13-3-2-9-8(12)7-4-6(11)5-10-7/h6-7,10-11H,2-5H2,1H3,(H,9,12). The smallest absolute Gasteiger partial charge is 0.237 e. The van der Waals surface area contributed by atoms with E-state index in [9.17, 15) is 4.79 Å². The van der Waals surface area contributed by atoms with Crippen molar-refractivity contribution >= 4 is 5.91 Å². The first-order valence-corrected chi connectivity index (χ1v) is 4.42. The quantitative estimate of drug-likeness (QED) is 0.468. The zero-order chi connectivity index (χ0) is 9.68. The Bertz CT molecular complexity index is 175. The van der Waals surface area contributed by atoms with Crippen LogP contribution in [0.3, 0.4) is 0 Å². The van der Waals surface area contributed by atoms with E-state index >= 15 is 0 Å². The van der Waals surface area contributed by atoms with Crippen LogP contribution in [0.1, 0.15) is 6.42 Å². The van der Waals surface area contributed by atoms with Crippen LogP contribution in [0, 0.1) is 0 Å². The van der Waals surface area contributed by atoms with E-state index in [-0.39, 0.29) is 11.9 Å². The first-order valence-electron chi connectivity index (χ1n) is 4.42. The monoisotopic (exact) mass is 188 g/mol. The van der Waals surface area contributed by atoms with Crippen LogP contribution in [0.5, 0.6) is 0 Å². The third-order valence-corrected chi connectivity index (χ3v) is 2.03. The molecule has 0 aromatic heterocycles. The van der Waals surface area contributed by atoms with Crippen LogP contribution in [0.15, 0.2) is 0 Å². The lowest BCUT2D eigenvalue weighted by molar-refractivity contribution is -0.123. The molecular weight excluding hydrogens is 172 g/mol. The number of amides is 1. The molecule has 13 heavy (non-hydrogen) atoms. The second kappa shape index (κ2) is 5.16. The number of methoxy groups -OCH3 is 1. The molecule has 2 atom stereocenters. The fraction of sp³-hybridized carbons (Fsp3) is 0.875. The molecule has 0 aromatic rings. The summed E-state index contributed by atoms with van der Waals surface area (Å²) in [5.41, 5.74) is 0. The van der Waals surface area contributed by atoms with E-state index in [1.54, 1.807) is 7.11 Å². The molecule has 76 valence electrons. The second-order valence-corrected chi connectivity index (χ2v) is 3.13. The highest BCUT2D eigenvalue weighted by atomic mass is 16.5. The van der Waals surface area contributed by atoms with Crippen molar-refractivity contribution in [1.29, 1.82) is 0 Å². The predicted octanol–water partition coefficient (Wildman–Crippen LogP) is -1.53. The molecule has 1 saturated heterocycles. The maximum absolute atomic E-state index is 11.3. The molecule has 3 N–H and O–H groups in total. The third kappa shape index (κ3) is 3.30. The Labute approximate surface area is 77.5 Å². The Morgan fingerprint density at radius 2 is 2.54 bits per heavy atom. The first kappa shape index (κ1) is 10.4. The molecule has 5 heteroatoms. The Kier molecular flexibility index (Phi) is 4.14. The highest BCUT2D eigenvalue weighted by molar-refractivity contribution is 5.82. The zero-order valence-corrected chi connectivity index (χ0v) is 7.75. The number of hydrogen-bond acceptors (Lipinski definition) is 4. The third-order valence-electron chi connectivity index (χ3n) is 2.03. The number of hydrogen-bond donors (Lipinski definition) is 3. The van der Waals surface area contributed by atoms with Crippen molar-refractivity contribution in [2.75, 3.05) is 26.8 Å². The van der Waals surface area contributed by atoms with Gasteiger partial charge in [-0.3, -0.25) is 4.79 Å². The lowest BCUT2D eigenvalue weighted by Crippen LogP contribution is -2.41. The first-order chi connectivity index (χ1) is 6.24. The van der Waals surface area contributed by atoms with Gasteiger partial charge in [0.2, 0.25) is 5.91 Å². The number of ether oxygens (including phenoxy) is 1. The second-order valence-electron chi connectivity index (χ2n) is 3.13. The fourth-order valence-corrected chi connectivity index (χ4v) is 1.32. The van der Waals surface area contributed by atoms with Gasteiger partial charge < -0.3 is 20.5 Å². The van der Waals surface area contributed by atoms with Crippen LogP contribution >= 0.6 is 0 Å². The molecule has 0 aromatic carbocycles. The summed E-state index contributed by atoms with van der Waals surface area (Å²) in [6.45, 7) is 1.53. The van der Waals surface area contributed by atoms with Gasteiger partial charge >= 0.3 is 0 Å². The van der Waals surface area contributed by atoms with Crippen molar-refractivity contribution in [3.05, 3.63) is 0 Å². The summed E-state index contributed by atoms with van der Waals surface area (Å²) in [6, 6.07) is -0.244. The minimum atomic E-state index is -0.391. The Balaban J connectivity index is 2.16. The SMILES string of the molecule is COCCNC(=O)C1CC(O)CN1. The van der Waals surface area contributed by atoms with Gasteiger partial charge in [0.05, 0.1) is 18.8 Å². The molecule has 1 fully saturated rings. The van der Waals surface area contributed by atoms with Gasteiger partial charge in [-0.15, -0.1) is 0 Å². The van der Waals surface area contributed by atoms with Gasteiger partial charge in [-0.2, -0.15) is 0 Å². The van der Waals surface area contributed by atoms with Crippen LogP contribution in [0.25, 0.3) is 0 Å². The van der Waals surface area contributed by atoms with E-state index in [0.717, 1.165) is 0 Å². The molecule has 1 amide bonds. The largest absolute Gasteiger partial charge is 0.392 e. The molecule has 2 unspecified atom stereocenters. The van der Waals surface area contributed by atoms with Gasteiger partial charge in [-0.1, -0.05) is 0 Å². The number of carbonyl (C=O) groups excluding carboxylic acids is 1. The lowest BCUT2D eigenvalue weighted by atomic mass is 10.2. The summed E-state index contributed by atoms with van der Waals surface area (Å²) < 4.78 is 4.79. The number of nitrogens with one attached hydrogen (secondary N) is 2. The van der Waals surface area contributed by atoms with Gasteiger partial charge in [0.15, 0.2) is 0 Å². The predicted molar refractivity (Wildman–Crippen MR) is 47.3 cm³/mol. The minimum Gasteiger partial charge on any atom is -0.392 e. The molecule has 0 radical (unpaired) electrons. The number of aliphatic hydroxyl groups is 1. The maximum atomic E-state index is 11.3. The molecule has 0 spiro atoms. The molecule has 0 saturated carbocycles. The molecule has 5 nitrogen and oxygen atoms in total. The molecule has 1 rings (SSSR count). The van der Waals surface area contributed by atoms with Gasteiger partial charge in [0, 0.05) is 20.2 Å². The van der Waals surface area contributed by atoms with E-state index in [2.05, 4.69) is 10.6 Å². The molecular formula is C8H16N2O3. The Morgan fingerprint density at radius 3 is 3.08 bits per heavy atom. The van der Waals surface area contributed by atoms with Crippen molar-refractivity contribution in [2.24, 2.45) is 0 Å². The van der Waals surface area contributed by atoms with Crippen molar-refractivity contribution < 1.29 is 14.6 Å². The van der Waals surface area contributed by atoms with Crippen LogP contribution in [0.2, 0.25) is 0 Å². The summed E-state index contributed by atoms with van der Waals surface area (Å²) in [5, 5.41) is 14.8. The van der Waals surface area contributed by atoms with Gasteiger partial charge in [0.1, 0.15) is 0 Å². The normalized spacial score (nSPS) is 27.5. The summed E-state index contributed by atoms with van der Waals surface area (Å²) in [7, 11) is 1.59. The van der Waals surface area contributed by atoms with Crippen molar-refractivity contribution in [1.82, 2.24) is 10.6 Å². The Morgan fingerprint density at radius 1 is 1.77 bits per heavy atom. The average molecular weight is 188 g/mol. The van der Waals surface area contributed by atoms with Crippen molar-refractivity contribution in [2.45, 2.75) is 18.6 Å². The maximum Gasteiger partial charge on any atom is 0.237 e. The van der Waals surface area contributed by atoms with Crippen molar-refractivity contribution in [3.8, 4) is 0 Å². The highest BCUT2D eigenvalue weighted by Crippen LogP contribution is 2.05. The number of β-amino-alcohol motifs (C(OH)–C–C–N with tert-alkyl or cyclic N) is 1. The van der Waals surface area contributed by atoms with E-state index < -0.39 is 6.10 Å². The van der Waals surface area contributed by atoms with Gasteiger partial charge in [0.25, 0.3) is 0 Å². The minimum absolute atomic E-state index is 0.0615. The van der Waals surface area contributed by atoms with E-state index in [1.807, 2.05) is 0 Å². The number of rotatable bonds is 4. The Hall–Kier alpha value is -0.650. The molecule has 0 aliphatic carbocycles. The summed E-state index contributed by atoms with van der Waals surface area (Å²) in [6.07, 6.45) is 0.108. The topological polar surface area (TPSA) is 70.6 Å². The fourth-order valence-electron chi connectivity index (χ4n) is 1.32. The van der Waals surface area contributed by atoms with Crippen LogP contribution in [0.4, 0.5) is 0 Å². The summed E-state index contributed by atoms with van der Waals surface area (Å²) >= 11 is 0. The van der Waals surface area contributed by atoms with Crippen LogP contribution in [-0.4, -0.2) is 50.0 Å². The highest BCUT2D eigenvalue weighted by Gasteiger charge is 2.27. The number of aliphatic hydroxyl groups excluding tert-OH is 1. The lowest BCUT2D eigenvalue weighted by Gasteiger charge is -2.10. The molecule has 1 heterocycles. The molecule has 1 aliphatic rings. The van der Waals surface area contributed by atoms with Gasteiger partial charge in [-0.25, -0.2) is 0 Å². The molecule has 1 aliphatic heterocycles. The van der Waals surface area contributed by atoms with Crippen LogP contribution < -0.4 is 10.6 Å². The van der Waals surface area contributed by atoms with Crippen molar-refractivity contribution in [3.63, 3.8) is 0 Å². The van der Waals surface area contributed by atoms with E-state index in [0.29, 0.717) is 26.1 Å². The van der Waals surface area contributed by atoms with E-state index in [1.165, 1.54) is 0 Å². The van der Waals surface area contributed by atoms with Crippen LogP contribution in [-0.2, 0) is 9.53 Å². The summed E-state index contributed by atoms with van der Waals surface area (Å²) in [4.78, 5) is 11.3. The van der Waals surface area contributed by atoms with Gasteiger partial charge in [-0.05, 0) is 6.42 Å². The average Bonchev–Trinajstić information content (AvgIpc) is 2.52. The van der Waals surface area contributed by atoms with E-state index in [4.69, 9.17) is 9.84 Å². The molecule has 0 bridgehead atoms. The zero-order valence-electron chi connectivity index (χ0n) is 7.75. The number of carbonyl (C=O) groups is 1.